The van der Waals surface area contributed by atoms with Gasteiger partial charge in [-0.25, -0.2) is 0 Å². The third-order valence-corrected chi connectivity index (χ3v) is 3.96. The molecule has 0 bridgehead atoms. The van der Waals surface area contributed by atoms with E-state index >= 15 is 0 Å². The van der Waals surface area contributed by atoms with Crippen LogP contribution in [0.1, 0.15) is 13.3 Å². The summed E-state index contributed by atoms with van der Waals surface area (Å²) in [7, 11) is 1.71. The van der Waals surface area contributed by atoms with Gasteiger partial charge in [0.2, 0.25) is 0 Å². The van der Waals surface area contributed by atoms with E-state index in [-0.39, 0.29) is 0 Å². The fraction of sp³-hybridized carbons (Fsp3) is 0.316. The van der Waals surface area contributed by atoms with Crippen molar-refractivity contribution in [3.63, 3.8) is 0 Å². The normalized spacial score (nSPS) is 10.3. The average molecular weight is 328 g/mol. The zero-order valence-electron chi connectivity index (χ0n) is 13.8. The van der Waals surface area contributed by atoms with Crippen molar-refractivity contribution >= 4 is 23.0 Å². The number of hydrogen-bond donors (Lipinski definition) is 1. The topological polar surface area (TPSA) is 24.5 Å². The van der Waals surface area contributed by atoms with Crippen LogP contribution < -0.4 is 5.32 Å². The first-order chi connectivity index (χ1) is 11.3. The smallest absolute Gasteiger partial charge is 0.173 e. The summed E-state index contributed by atoms with van der Waals surface area (Å²) in [6.45, 7) is 4.54. The summed E-state index contributed by atoms with van der Waals surface area (Å²) in [5, 5.41) is 4.15. The first-order valence-electron chi connectivity index (χ1n) is 7.95. The minimum absolute atomic E-state index is 0.669. The maximum absolute atomic E-state index is 5.61. The number of anilines is 1. The molecule has 0 aliphatic rings. The molecule has 0 amide bonds. The van der Waals surface area contributed by atoms with Gasteiger partial charge in [0.05, 0.1) is 6.61 Å². The van der Waals surface area contributed by atoms with E-state index in [0.29, 0.717) is 6.61 Å². The van der Waals surface area contributed by atoms with E-state index in [0.717, 1.165) is 35.9 Å². The van der Waals surface area contributed by atoms with Gasteiger partial charge in [0, 0.05) is 31.5 Å². The van der Waals surface area contributed by atoms with Crippen LogP contribution in [0.15, 0.2) is 54.6 Å². The zero-order valence-corrected chi connectivity index (χ0v) is 14.6. The van der Waals surface area contributed by atoms with Crippen molar-refractivity contribution in [3.05, 3.63) is 54.6 Å². The standard InChI is InChI=1S/C19H24N2OS/c1-3-13-21(14-15-22-2)19(23)20-18-12-8-7-11-17(18)16-9-5-4-6-10-16/h4-12H,3,13-15H2,1-2H3,(H,20,23). The molecule has 0 saturated carbocycles. The molecule has 0 aromatic heterocycles. The number of para-hydroxylation sites is 1. The Balaban J connectivity index is 2.17. The van der Waals surface area contributed by atoms with Crippen LogP contribution in [0.3, 0.4) is 0 Å². The molecular weight excluding hydrogens is 304 g/mol. The van der Waals surface area contributed by atoms with Gasteiger partial charge in [-0.2, -0.15) is 0 Å². The Kier molecular flexibility index (Phi) is 7.04. The third kappa shape index (κ3) is 5.05. The fourth-order valence-electron chi connectivity index (χ4n) is 2.44. The lowest BCUT2D eigenvalue weighted by Gasteiger charge is -2.26. The predicted molar refractivity (Wildman–Crippen MR) is 102 cm³/mol. The summed E-state index contributed by atoms with van der Waals surface area (Å²) in [6.07, 6.45) is 1.05. The molecule has 0 saturated heterocycles. The van der Waals surface area contributed by atoms with E-state index in [1.165, 1.54) is 5.56 Å². The van der Waals surface area contributed by atoms with E-state index < -0.39 is 0 Å². The maximum atomic E-state index is 5.61. The lowest BCUT2D eigenvalue weighted by molar-refractivity contribution is 0.177. The molecule has 2 aromatic rings. The van der Waals surface area contributed by atoms with Crippen molar-refractivity contribution in [3.8, 4) is 11.1 Å². The van der Waals surface area contributed by atoms with Gasteiger partial charge in [0.15, 0.2) is 5.11 Å². The molecule has 4 heteroatoms. The Bertz CT molecular complexity index is 616. The quantitative estimate of drug-likeness (QED) is 0.761. The third-order valence-electron chi connectivity index (χ3n) is 3.60. The second-order valence-corrected chi connectivity index (χ2v) is 5.71. The summed E-state index contributed by atoms with van der Waals surface area (Å²) < 4.78 is 5.18. The van der Waals surface area contributed by atoms with Crippen LogP contribution >= 0.6 is 12.2 Å². The average Bonchev–Trinajstić information content (AvgIpc) is 2.59. The first kappa shape index (κ1) is 17.4. The van der Waals surface area contributed by atoms with Crippen molar-refractivity contribution < 1.29 is 4.74 Å². The monoisotopic (exact) mass is 328 g/mol. The molecule has 0 unspecified atom stereocenters. The number of thiocarbonyl (C=S) groups is 1. The summed E-state index contributed by atoms with van der Waals surface area (Å²) >= 11 is 5.61. The molecule has 0 fully saturated rings. The van der Waals surface area contributed by atoms with Gasteiger partial charge in [-0.1, -0.05) is 55.5 Å². The number of benzene rings is 2. The first-order valence-corrected chi connectivity index (χ1v) is 8.36. The van der Waals surface area contributed by atoms with E-state index in [1.54, 1.807) is 7.11 Å². The minimum Gasteiger partial charge on any atom is -0.383 e. The lowest BCUT2D eigenvalue weighted by atomic mass is 10.0. The molecule has 0 heterocycles. The second kappa shape index (κ2) is 9.28. The summed E-state index contributed by atoms with van der Waals surface area (Å²) in [5.74, 6) is 0. The number of rotatable bonds is 7. The van der Waals surface area contributed by atoms with Gasteiger partial charge in [-0.15, -0.1) is 0 Å². The van der Waals surface area contributed by atoms with Crippen LogP contribution in [-0.4, -0.2) is 36.8 Å². The Labute approximate surface area is 144 Å². The number of hydrogen-bond acceptors (Lipinski definition) is 2. The molecule has 0 aliphatic heterocycles. The lowest BCUT2D eigenvalue weighted by Crippen LogP contribution is -2.37. The van der Waals surface area contributed by atoms with E-state index in [1.807, 2.05) is 30.3 Å². The molecule has 0 aliphatic carbocycles. The number of nitrogens with zero attached hydrogens (tertiary/aromatic N) is 1. The van der Waals surface area contributed by atoms with Crippen LogP contribution in [0.4, 0.5) is 5.69 Å². The van der Waals surface area contributed by atoms with Crippen molar-refractivity contribution in [1.29, 1.82) is 0 Å². The number of ether oxygens (including phenoxy) is 1. The Hall–Kier alpha value is -1.91. The van der Waals surface area contributed by atoms with Crippen LogP contribution in [0.25, 0.3) is 11.1 Å². The van der Waals surface area contributed by atoms with Gasteiger partial charge in [-0.05, 0) is 30.3 Å². The van der Waals surface area contributed by atoms with Crippen molar-refractivity contribution in [2.24, 2.45) is 0 Å². The highest BCUT2D eigenvalue weighted by Gasteiger charge is 2.11. The predicted octanol–water partition coefficient (Wildman–Crippen LogP) is 4.41. The van der Waals surface area contributed by atoms with E-state index in [9.17, 15) is 0 Å². The molecule has 3 nitrogen and oxygen atoms in total. The van der Waals surface area contributed by atoms with Crippen LogP contribution in [0.5, 0.6) is 0 Å². The summed E-state index contributed by atoms with van der Waals surface area (Å²) in [6, 6.07) is 18.6. The largest absolute Gasteiger partial charge is 0.383 e. The van der Waals surface area contributed by atoms with Crippen LogP contribution in [-0.2, 0) is 4.74 Å². The fourth-order valence-corrected chi connectivity index (χ4v) is 2.73. The van der Waals surface area contributed by atoms with Gasteiger partial charge >= 0.3 is 0 Å². The second-order valence-electron chi connectivity index (χ2n) is 5.32. The van der Waals surface area contributed by atoms with Crippen LogP contribution in [0.2, 0.25) is 0 Å². The highest BCUT2D eigenvalue weighted by molar-refractivity contribution is 7.80. The minimum atomic E-state index is 0.669. The Morgan fingerprint density at radius 3 is 2.43 bits per heavy atom. The zero-order chi connectivity index (χ0) is 16.5. The summed E-state index contributed by atoms with van der Waals surface area (Å²) in [4.78, 5) is 2.15. The van der Waals surface area contributed by atoms with Crippen molar-refractivity contribution in [2.75, 3.05) is 32.1 Å². The van der Waals surface area contributed by atoms with Gasteiger partial charge < -0.3 is 15.0 Å². The molecule has 0 atom stereocenters. The highest BCUT2D eigenvalue weighted by atomic mass is 32.1. The molecular formula is C19H24N2OS. The Morgan fingerprint density at radius 1 is 1.04 bits per heavy atom. The number of methoxy groups -OCH3 is 1. The van der Waals surface area contributed by atoms with E-state index in [2.05, 4.69) is 41.4 Å². The van der Waals surface area contributed by atoms with E-state index in [4.69, 9.17) is 17.0 Å². The van der Waals surface area contributed by atoms with Gasteiger partial charge in [0.25, 0.3) is 0 Å². The molecule has 122 valence electrons. The molecule has 0 radical (unpaired) electrons. The maximum Gasteiger partial charge on any atom is 0.173 e. The van der Waals surface area contributed by atoms with Crippen LogP contribution in [0, 0.1) is 0 Å². The molecule has 2 rings (SSSR count). The van der Waals surface area contributed by atoms with Crippen molar-refractivity contribution in [1.82, 2.24) is 4.90 Å². The van der Waals surface area contributed by atoms with Gasteiger partial charge in [0.1, 0.15) is 0 Å². The van der Waals surface area contributed by atoms with Crippen molar-refractivity contribution in [2.45, 2.75) is 13.3 Å². The summed E-state index contributed by atoms with van der Waals surface area (Å²) in [5.41, 5.74) is 3.36. The highest BCUT2D eigenvalue weighted by Crippen LogP contribution is 2.27. The van der Waals surface area contributed by atoms with Gasteiger partial charge in [-0.3, -0.25) is 0 Å². The molecule has 23 heavy (non-hydrogen) atoms. The molecule has 2 aromatic carbocycles. The number of nitrogens with one attached hydrogen (secondary N) is 1. The Morgan fingerprint density at radius 2 is 1.74 bits per heavy atom. The molecule has 0 spiro atoms. The molecule has 1 N–H and O–H groups in total. The SMILES string of the molecule is CCCN(CCOC)C(=S)Nc1ccccc1-c1ccccc1.